The Balaban J connectivity index is 1.82. The van der Waals surface area contributed by atoms with Crippen molar-refractivity contribution in [2.45, 2.75) is 41.2 Å². The number of hydrogen-bond acceptors (Lipinski definition) is 4. The molecule has 0 atom stereocenters. The molecule has 6 nitrogen and oxygen atoms in total. The number of aryl methyl sites for hydroxylation is 3. The molecular formula is C23H27N3O3. The third-order valence-electron chi connectivity index (χ3n) is 5.26. The maximum absolute atomic E-state index is 11.6. The minimum Gasteiger partial charge on any atom is -0.489 e. The van der Waals surface area contributed by atoms with E-state index in [9.17, 15) is 4.79 Å². The van der Waals surface area contributed by atoms with Gasteiger partial charge in [-0.15, -0.1) is 0 Å². The molecule has 0 spiro atoms. The first-order valence-corrected chi connectivity index (χ1v) is 9.52. The summed E-state index contributed by atoms with van der Waals surface area (Å²) in [5.41, 5.74) is 8.02. The molecule has 0 unspecified atom stereocenters. The molecule has 0 saturated carbocycles. The predicted molar refractivity (Wildman–Crippen MR) is 114 cm³/mol. The zero-order valence-corrected chi connectivity index (χ0v) is 17.8. The minimum absolute atomic E-state index is 0.338. The number of rotatable bonds is 5. The van der Waals surface area contributed by atoms with E-state index in [-0.39, 0.29) is 0 Å². The summed E-state index contributed by atoms with van der Waals surface area (Å²) in [5, 5.41) is 7.37. The molecule has 152 valence electrons. The molecule has 1 heterocycles. The molecule has 0 aliphatic rings. The fraction of sp³-hybridized carbons (Fsp3) is 0.304. The Hall–Kier alpha value is -3.28. The van der Waals surface area contributed by atoms with Gasteiger partial charge in [0, 0.05) is 11.3 Å². The van der Waals surface area contributed by atoms with Crippen LogP contribution in [0.15, 0.2) is 36.4 Å². The monoisotopic (exact) mass is 393 g/mol. The number of anilines is 1. The summed E-state index contributed by atoms with van der Waals surface area (Å²) >= 11 is 0. The summed E-state index contributed by atoms with van der Waals surface area (Å²) in [7, 11) is 1.34. The molecule has 0 aliphatic carbocycles. The van der Waals surface area contributed by atoms with Crippen LogP contribution in [0.4, 0.5) is 10.5 Å². The van der Waals surface area contributed by atoms with Gasteiger partial charge in [0.15, 0.2) is 0 Å². The van der Waals surface area contributed by atoms with Crippen LogP contribution in [0.2, 0.25) is 0 Å². The SMILES string of the molecule is COC(=O)Nc1cccc(C)c1COc1ccc(-n2nc(C)c(C)c2C)cc1C. The number of hydrogen-bond donors (Lipinski definition) is 1. The normalized spacial score (nSPS) is 10.7. The lowest BCUT2D eigenvalue weighted by atomic mass is 10.1. The molecule has 1 N–H and O–H groups in total. The van der Waals surface area contributed by atoms with Gasteiger partial charge in [0.25, 0.3) is 0 Å². The van der Waals surface area contributed by atoms with E-state index in [0.717, 1.165) is 39.5 Å². The molecule has 0 radical (unpaired) electrons. The summed E-state index contributed by atoms with van der Waals surface area (Å²) in [6.07, 6.45) is -0.502. The van der Waals surface area contributed by atoms with Gasteiger partial charge in [0.1, 0.15) is 12.4 Å². The van der Waals surface area contributed by atoms with Crippen LogP contribution in [-0.2, 0) is 11.3 Å². The first kappa shape index (κ1) is 20.5. The maximum atomic E-state index is 11.6. The molecule has 6 heteroatoms. The van der Waals surface area contributed by atoms with Crippen LogP contribution in [0.5, 0.6) is 5.75 Å². The van der Waals surface area contributed by atoms with E-state index < -0.39 is 6.09 Å². The van der Waals surface area contributed by atoms with Crippen molar-refractivity contribution in [1.29, 1.82) is 0 Å². The molecule has 0 saturated heterocycles. The molecule has 3 aromatic rings. The van der Waals surface area contributed by atoms with Crippen LogP contribution in [-0.4, -0.2) is 23.0 Å². The second-order valence-corrected chi connectivity index (χ2v) is 7.16. The van der Waals surface area contributed by atoms with Gasteiger partial charge in [0.05, 0.1) is 24.2 Å². The summed E-state index contributed by atoms with van der Waals surface area (Å²) in [5.74, 6) is 0.791. The van der Waals surface area contributed by atoms with Gasteiger partial charge >= 0.3 is 6.09 Å². The Bertz CT molecular complexity index is 1050. The van der Waals surface area contributed by atoms with Crippen molar-refractivity contribution in [1.82, 2.24) is 9.78 Å². The lowest BCUT2D eigenvalue weighted by molar-refractivity contribution is 0.187. The zero-order chi connectivity index (χ0) is 21.1. The van der Waals surface area contributed by atoms with Crippen LogP contribution < -0.4 is 10.1 Å². The number of nitrogens with zero attached hydrogens (tertiary/aromatic N) is 2. The van der Waals surface area contributed by atoms with E-state index in [2.05, 4.69) is 30.3 Å². The van der Waals surface area contributed by atoms with Gasteiger partial charge < -0.3 is 9.47 Å². The number of ether oxygens (including phenoxy) is 2. The molecule has 29 heavy (non-hydrogen) atoms. The van der Waals surface area contributed by atoms with E-state index in [1.165, 1.54) is 12.7 Å². The van der Waals surface area contributed by atoms with Gasteiger partial charge in [-0.3, -0.25) is 5.32 Å². The largest absolute Gasteiger partial charge is 0.489 e. The van der Waals surface area contributed by atoms with Crippen molar-refractivity contribution in [2.75, 3.05) is 12.4 Å². The van der Waals surface area contributed by atoms with Crippen molar-refractivity contribution < 1.29 is 14.3 Å². The number of nitrogens with one attached hydrogen (secondary N) is 1. The van der Waals surface area contributed by atoms with Gasteiger partial charge in [-0.25, -0.2) is 9.48 Å². The first-order chi connectivity index (χ1) is 13.8. The van der Waals surface area contributed by atoms with Crippen molar-refractivity contribution in [3.05, 3.63) is 70.0 Å². The van der Waals surface area contributed by atoms with Crippen LogP contribution in [0, 0.1) is 34.6 Å². The van der Waals surface area contributed by atoms with Crippen molar-refractivity contribution in [3.63, 3.8) is 0 Å². The average molecular weight is 393 g/mol. The van der Waals surface area contributed by atoms with Crippen molar-refractivity contribution in [3.8, 4) is 11.4 Å². The fourth-order valence-corrected chi connectivity index (χ4v) is 3.22. The summed E-state index contributed by atoms with van der Waals surface area (Å²) < 4.78 is 12.8. The fourth-order valence-electron chi connectivity index (χ4n) is 3.22. The van der Waals surface area contributed by atoms with Gasteiger partial charge in [0.2, 0.25) is 0 Å². The number of carbonyl (C=O) groups excluding carboxylic acids is 1. The van der Waals surface area contributed by atoms with Crippen molar-refractivity contribution in [2.24, 2.45) is 0 Å². The third-order valence-corrected chi connectivity index (χ3v) is 5.26. The van der Waals surface area contributed by atoms with Gasteiger partial charge in [-0.1, -0.05) is 12.1 Å². The number of amides is 1. The molecule has 0 fully saturated rings. The standard InChI is InChI=1S/C23H27N3O3/c1-14-8-7-9-21(24-23(27)28-6)20(14)13-29-22-11-10-19(12-15(22)2)26-18(5)16(3)17(4)25-26/h7-12H,13H2,1-6H3,(H,24,27). The zero-order valence-electron chi connectivity index (χ0n) is 17.8. The highest BCUT2D eigenvalue weighted by Crippen LogP contribution is 2.26. The molecule has 1 aromatic heterocycles. The molecule has 0 bridgehead atoms. The van der Waals surface area contributed by atoms with E-state index in [1.807, 2.05) is 55.8 Å². The highest BCUT2D eigenvalue weighted by molar-refractivity contribution is 5.85. The molecular weight excluding hydrogens is 366 g/mol. The van der Waals surface area contributed by atoms with Crippen molar-refractivity contribution >= 4 is 11.8 Å². The highest BCUT2D eigenvalue weighted by atomic mass is 16.5. The Morgan fingerprint density at radius 1 is 1.07 bits per heavy atom. The quantitative estimate of drug-likeness (QED) is 0.649. The van der Waals surface area contributed by atoms with Crippen LogP contribution in [0.25, 0.3) is 5.69 Å². The number of benzene rings is 2. The van der Waals surface area contributed by atoms with Crippen LogP contribution >= 0.6 is 0 Å². The predicted octanol–water partition coefficient (Wildman–Crippen LogP) is 5.17. The smallest absolute Gasteiger partial charge is 0.411 e. The van der Waals surface area contributed by atoms with Crippen LogP contribution in [0.1, 0.15) is 33.6 Å². The number of methoxy groups -OCH3 is 1. The number of carbonyl (C=O) groups is 1. The lowest BCUT2D eigenvalue weighted by Crippen LogP contribution is -2.14. The molecule has 2 aromatic carbocycles. The molecule has 3 rings (SSSR count). The second-order valence-electron chi connectivity index (χ2n) is 7.16. The average Bonchev–Trinajstić information content (AvgIpc) is 2.95. The Labute approximate surface area is 171 Å². The Kier molecular flexibility index (Phi) is 5.92. The summed E-state index contributed by atoms with van der Waals surface area (Å²) in [6.45, 7) is 10.5. The Morgan fingerprint density at radius 2 is 1.83 bits per heavy atom. The van der Waals surface area contributed by atoms with E-state index in [1.54, 1.807) is 0 Å². The van der Waals surface area contributed by atoms with Gasteiger partial charge in [-0.05, 0) is 75.6 Å². The highest BCUT2D eigenvalue weighted by Gasteiger charge is 2.13. The second kappa shape index (κ2) is 8.39. The third kappa shape index (κ3) is 4.26. The minimum atomic E-state index is -0.502. The van der Waals surface area contributed by atoms with E-state index >= 15 is 0 Å². The number of aromatic nitrogens is 2. The van der Waals surface area contributed by atoms with E-state index in [4.69, 9.17) is 9.47 Å². The first-order valence-electron chi connectivity index (χ1n) is 9.52. The molecule has 1 amide bonds. The van der Waals surface area contributed by atoms with Crippen LogP contribution in [0.3, 0.4) is 0 Å². The maximum Gasteiger partial charge on any atom is 0.411 e. The Morgan fingerprint density at radius 3 is 2.45 bits per heavy atom. The topological polar surface area (TPSA) is 65.4 Å². The molecule has 0 aliphatic heterocycles. The summed E-state index contributed by atoms with van der Waals surface area (Å²) in [6, 6.07) is 11.8. The summed E-state index contributed by atoms with van der Waals surface area (Å²) in [4.78, 5) is 11.6. The van der Waals surface area contributed by atoms with Gasteiger partial charge in [-0.2, -0.15) is 5.10 Å². The van der Waals surface area contributed by atoms with E-state index in [0.29, 0.717) is 12.3 Å². The lowest BCUT2D eigenvalue weighted by Gasteiger charge is -2.16.